The first kappa shape index (κ1) is 23.0. The van der Waals surface area contributed by atoms with Crippen LogP contribution in [0.1, 0.15) is 12.5 Å². The average Bonchev–Trinajstić information content (AvgIpc) is 2.64. The molecule has 7 heteroatoms. The smallest absolute Gasteiger partial charge is 0.191 e. The van der Waals surface area contributed by atoms with Gasteiger partial charge in [0.15, 0.2) is 5.96 Å². The molecule has 6 nitrogen and oxygen atoms in total. The van der Waals surface area contributed by atoms with Crippen LogP contribution in [0.15, 0.2) is 29.3 Å². The SMILES string of the molecule is CN=C(NCc1ccc(OC)cc1)NCC(C)CN1CCN(C)CC1.I. The van der Waals surface area contributed by atoms with Gasteiger partial charge in [0.25, 0.3) is 0 Å². The van der Waals surface area contributed by atoms with Gasteiger partial charge in [-0.3, -0.25) is 4.99 Å². The van der Waals surface area contributed by atoms with Crippen LogP contribution in [0.4, 0.5) is 0 Å². The first-order valence-corrected chi connectivity index (χ1v) is 9.09. The van der Waals surface area contributed by atoms with E-state index in [1.165, 1.54) is 31.7 Å². The van der Waals surface area contributed by atoms with Crippen LogP contribution >= 0.6 is 24.0 Å². The van der Waals surface area contributed by atoms with Gasteiger partial charge in [0.05, 0.1) is 7.11 Å². The van der Waals surface area contributed by atoms with Gasteiger partial charge in [-0.1, -0.05) is 19.1 Å². The van der Waals surface area contributed by atoms with Crippen molar-refractivity contribution in [1.82, 2.24) is 20.4 Å². The molecule has 0 bridgehead atoms. The van der Waals surface area contributed by atoms with Crippen molar-refractivity contribution in [3.8, 4) is 5.75 Å². The van der Waals surface area contributed by atoms with Gasteiger partial charge in [-0.05, 0) is 30.7 Å². The predicted molar refractivity (Wildman–Crippen MR) is 120 cm³/mol. The standard InChI is InChI=1S/C19H33N5O.HI/c1-16(15-24-11-9-23(3)10-12-24)13-21-19(20-2)22-14-17-5-7-18(25-4)8-6-17;/h5-8,16H,9-15H2,1-4H3,(H2,20,21,22);1H. The summed E-state index contributed by atoms with van der Waals surface area (Å²) in [5, 5.41) is 6.80. The van der Waals surface area contributed by atoms with E-state index in [-0.39, 0.29) is 24.0 Å². The molecule has 1 aromatic carbocycles. The Kier molecular flexibility index (Phi) is 10.9. The number of ether oxygens (including phenoxy) is 1. The number of hydrogen-bond donors (Lipinski definition) is 2. The summed E-state index contributed by atoms with van der Waals surface area (Å²) in [6.45, 7) is 9.79. The number of nitrogens with zero attached hydrogens (tertiary/aromatic N) is 3. The molecule has 0 saturated carbocycles. The highest BCUT2D eigenvalue weighted by molar-refractivity contribution is 14.0. The fourth-order valence-electron chi connectivity index (χ4n) is 2.96. The molecule has 0 amide bonds. The number of piperazine rings is 1. The first-order chi connectivity index (χ1) is 12.1. The summed E-state index contributed by atoms with van der Waals surface area (Å²) in [7, 11) is 5.69. The van der Waals surface area contributed by atoms with Crippen LogP contribution in [0.25, 0.3) is 0 Å². The van der Waals surface area contributed by atoms with Crippen LogP contribution in [-0.4, -0.2) is 76.2 Å². The lowest BCUT2D eigenvalue weighted by atomic mass is 10.1. The van der Waals surface area contributed by atoms with Gasteiger partial charge in [-0.15, -0.1) is 24.0 Å². The molecular weight excluding hydrogens is 441 g/mol. The third-order valence-corrected chi connectivity index (χ3v) is 4.63. The lowest BCUT2D eigenvalue weighted by molar-refractivity contribution is 0.139. The monoisotopic (exact) mass is 475 g/mol. The summed E-state index contributed by atoms with van der Waals surface area (Å²) < 4.78 is 5.19. The van der Waals surface area contributed by atoms with Crippen molar-refractivity contribution >= 4 is 29.9 Å². The Morgan fingerprint density at radius 2 is 1.81 bits per heavy atom. The maximum atomic E-state index is 5.19. The summed E-state index contributed by atoms with van der Waals surface area (Å²) in [5.41, 5.74) is 1.20. The van der Waals surface area contributed by atoms with E-state index in [1.807, 2.05) is 19.2 Å². The van der Waals surface area contributed by atoms with Crippen LogP contribution in [-0.2, 0) is 6.54 Å². The normalized spacial score (nSPS) is 17.3. The summed E-state index contributed by atoms with van der Waals surface area (Å²) in [4.78, 5) is 9.26. The topological polar surface area (TPSA) is 52.1 Å². The molecule has 1 fully saturated rings. The number of likely N-dealkylation sites (N-methyl/N-ethyl adjacent to an activating group) is 1. The summed E-state index contributed by atoms with van der Waals surface area (Å²) in [6.07, 6.45) is 0. The molecule has 2 N–H and O–H groups in total. The molecule has 1 heterocycles. The minimum absolute atomic E-state index is 0. The van der Waals surface area contributed by atoms with Gasteiger partial charge in [0.1, 0.15) is 5.75 Å². The molecule has 26 heavy (non-hydrogen) atoms. The highest BCUT2D eigenvalue weighted by Gasteiger charge is 2.16. The van der Waals surface area contributed by atoms with Crippen molar-refractivity contribution in [2.24, 2.45) is 10.9 Å². The van der Waals surface area contributed by atoms with E-state index < -0.39 is 0 Å². The van der Waals surface area contributed by atoms with Gasteiger partial charge in [-0.2, -0.15) is 0 Å². The van der Waals surface area contributed by atoms with E-state index in [0.717, 1.165) is 31.3 Å². The van der Waals surface area contributed by atoms with Crippen molar-refractivity contribution in [2.45, 2.75) is 13.5 Å². The molecule has 0 aromatic heterocycles. The number of aliphatic imine (C=N–C) groups is 1. The van der Waals surface area contributed by atoms with E-state index in [2.05, 4.69) is 51.5 Å². The average molecular weight is 475 g/mol. The predicted octanol–water partition coefficient (Wildman–Crippen LogP) is 1.86. The minimum atomic E-state index is 0. The Morgan fingerprint density at radius 3 is 2.38 bits per heavy atom. The Bertz CT molecular complexity index is 529. The van der Waals surface area contributed by atoms with E-state index in [9.17, 15) is 0 Å². The van der Waals surface area contributed by atoms with Crippen LogP contribution in [0.5, 0.6) is 5.75 Å². The largest absolute Gasteiger partial charge is 0.497 e. The van der Waals surface area contributed by atoms with Gasteiger partial charge in [0, 0.05) is 52.9 Å². The third-order valence-electron chi connectivity index (χ3n) is 4.63. The zero-order chi connectivity index (χ0) is 18.1. The summed E-state index contributed by atoms with van der Waals surface area (Å²) >= 11 is 0. The zero-order valence-corrected chi connectivity index (χ0v) is 18.8. The van der Waals surface area contributed by atoms with Crippen LogP contribution < -0.4 is 15.4 Å². The summed E-state index contributed by atoms with van der Waals surface area (Å²) in [5.74, 6) is 2.31. The van der Waals surface area contributed by atoms with Gasteiger partial charge in [0.2, 0.25) is 0 Å². The van der Waals surface area contributed by atoms with Crippen LogP contribution in [0, 0.1) is 5.92 Å². The number of rotatable bonds is 7. The Morgan fingerprint density at radius 1 is 1.15 bits per heavy atom. The van der Waals surface area contributed by atoms with Crippen molar-refractivity contribution in [3.63, 3.8) is 0 Å². The second-order valence-corrected chi connectivity index (χ2v) is 6.86. The van der Waals surface area contributed by atoms with Gasteiger partial charge >= 0.3 is 0 Å². The Labute approximate surface area is 175 Å². The van der Waals surface area contributed by atoms with E-state index in [1.54, 1.807) is 7.11 Å². The molecule has 1 unspecified atom stereocenters. The Hall–Kier alpha value is -1.06. The number of benzene rings is 1. The molecule has 0 spiro atoms. The molecule has 0 radical (unpaired) electrons. The Balaban J connectivity index is 0.00000338. The molecule has 2 rings (SSSR count). The molecular formula is C19H34IN5O. The fraction of sp³-hybridized carbons (Fsp3) is 0.632. The van der Waals surface area contributed by atoms with Crippen molar-refractivity contribution in [3.05, 3.63) is 29.8 Å². The first-order valence-electron chi connectivity index (χ1n) is 9.09. The molecule has 1 saturated heterocycles. The third kappa shape index (κ3) is 8.09. The van der Waals surface area contributed by atoms with Crippen molar-refractivity contribution in [1.29, 1.82) is 0 Å². The highest BCUT2D eigenvalue weighted by atomic mass is 127. The van der Waals surface area contributed by atoms with Crippen molar-refractivity contribution < 1.29 is 4.74 Å². The molecule has 0 aliphatic carbocycles. The van der Waals surface area contributed by atoms with Crippen LogP contribution in [0.3, 0.4) is 0 Å². The van der Waals surface area contributed by atoms with Gasteiger partial charge in [-0.25, -0.2) is 0 Å². The van der Waals surface area contributed by atoms with Crippen LogP contribution in [0.2, 0.25) is 0 Å². The van der Waals surface area contributed by atoms with Crippen molar-refractivity contribution in [2.75, 3.05) is 60.5 Å². The molecule has 1 aromatic rings. The number of hydrogen-bond acceptors (Lipinski definition) is 4. The van der Waals surface area contributed by atoms with E-state index in [4.69, 9.17) is 4.74 Å². The molecule has 1 aliphatic rings. The number of halogens is 1. The minimum Gasteiger partial charge on any atom is -0.497 e. The highest BCUT2D eigenvalue weighted by Crippen LogP contribution is 2.10. The second kappa shape index (κ2) is 12.3. The maximum Gasteiger partial charge on any atom is 0.191 e. The fourth-order valence-corrected chi connectivity index (χ4v) is 2.96. The van der Waals surface area contributed by atoms with Gasteiger partial charge < -0.3 is 25.2 Å². The number of nitrogens with one attached hydrogen (secondary N) is 2. The van der Waals surface area contributed by atoms with E-state index >= 15 is 0 Å². The lowest BCUT2D eigenvalue weighted by Gasteiger charge is -2.34. The molecule has 1 aliphatic heterocycles. The zero-order valence-electron chi connectivity index (χ0n) is 16.5. The lowest BCUT2D eigenvalue weighted by Crippen LogP contribution is -2.47. The summed E-state index contributed by atoms with van der Waals surface area (Å²) in [6, 6.07) is 8.08. The maximum absolute atomic E-state index is 5.19. The molecule has 148 valence electrons. The number of methoxy groups -OCH3 is 1. The molecule has 1 atom stereocenters. The number of guanidine groups is 1. The quantitative estimate of drug-likeness (QED) is 0.358. The second-order valence-electron chi connectivity index (χ2n) is 6.86. The van der Waals surface area contributed by atoms with E-state index in [0.29, 0.717) is 5.92 Å².